The zero-order valence-electron chi connectivity index (χ0n) is 9.58. The molecule has 0 aliphatic carbocycles. The van der Waals surface area contributed by atoms with Crippen molar-refractivity contribution in [1.29, 1.82) is 0 Å². The van der Waals surface area contributed by atoms with Gasteiger partial charge in [-0.3, -0.25) is 0 Å². The molecule has 3 heterocycles. The molecule has 0 spiro atoms. The number of aliphatic hydroxyl groups is 1. The molecule has 3 rings (SSSR count). The van der Waals surface area contributed by atoms with Crippen LogP contribution in [-0.2, 0) is 18.9 Å². The molecule has 0 aromatic carbocycles. The number of ether oxygens (including phenoxy) is 4. The summed E-state index contributed by atoms with van der Waals surface area (Å²) >= 11 is 4.87. The van der Waals surface area contributed by atoms with Crippen LogP contribution in [0.15, 0.2) is 0 Å². The summed E-state index contributed by atoms with van der Waals surface area (Å²) in [5, 5.41) is 13.5. The summed E-state index contributed by atoms with van der Waals surface area (Å²) in [6.45, 7) is 3.98. The summed E-state index contributed by atoms with van der Waals surface area (Å²) in [4.78, 5) is 0. The minimum Gasteiger partial charge on any atom is -0.469 e. The van der Waals surface area contributed by atoms with Crippen molar-refractivity contribution in [3.63, 3.8) is 0 Å². The van der Waals surface area contributed by atoms with Crippen molar-refractivity contribution in [1.82, 2.24) is 5.32 Å². The number of hydrogen-bond donors (Lipinski definition) is 2. The van der Waals surface area contributed by atoms with E-state index in [-0.39, 0.29) is 6.04 Å². The molecule has 0 bridgehead atoms. The highest BCUT2D eigenvalue weighted by Crippen LogP contribution is 2.38. The van der Waals surface area contributed by atoms with Gasteiger partial charge in [-0.1, -0.05) is 0 Å². The quantitative estimate of drug-likeness (QED) is 0.616. The topological polar surface area (TPSA) is 69.2 Å². The summed E-state index contributed by atoms with van der Waals surface area (Å²) in [5.41, 5.74) is 0. The Labute approximate surface area is 104 Å². The van der Waals surface area contributed by atoms with Crippen LogP contribution in [0.4, 0.5) is 0 Å². The molecule has 0 saturated carbocycles. The van der Waals surface area contributed by atoms with Crippen LogP contribution < -0.4 is 5.32 Å². The van der Waals surface area contributed by atoms with E-state index in [0.29, 0.717) is 11.8 Å². The van der Waals surface area contributed by atoms with E-state index < -0.39 is 30.4 Å². The zero-order chi connectivity index (χ0) is 12.2. The molecule has 0 unspecified atom stereocenters. The van der Waals surface area contributed by atoms with Gasteiger partial charge in [0.2, 0.25) is 0 Å². The Kier molecular flexibility index (Phi) is 2.57. The molecule has 3 fully saturated rings. The fraction of sp³-hybridized carbons (Fsp3) is 0.900. The van der Waals surface area contributed by atoms with Crippen molar-refractivity contribution in [2.45, 2.75) is 50.3 Å². The summed E-state index contributed by atoms with van der Waals surface area (Å²) in [6.07, 6.45) is -2.16. The van der Waals surface area contributed by atoms with Crippen molar-refractivity contribution in [2.24, 2.45) is 0 Å². The van der Waals surface area contributed by atoms with Crippen LogP contribution in [0, 0.1) is 0 Å². The summed E-state index contributed by atoms with van der Waals surface area (Å²) in [7, 11) is 0. The zero-order valence-corrected chi connectivity index (χ0v) is 10.4. The Hall–Kier alpha value is -0.470. The Morgan fingerprint density at radius 1 is 1.35 bits per heavy atom. The Morgan fingerprint density at radius 3 is 2.71 bits per heavy atom. The van der Waals surface area contributed by atoms with Crippen molar-refractivity contribution in [2.75, 3.05) is 6.61 Å². The van der Waals surface area contributed by atoms with Crippen LogP contribution in [0.3, 0.4) is 0 Å². The second-order valence-electron chi connectivity index (χ2n) is 4.91. The van der Waals surface area contributed by atoms with Gasteiger partial charge >= 0.3 is 0 Å². The van der Waals surface area contributed by atoms with Crippen molar-refractivity contribution >= 4 is 17.4 Å². The lowest BCUT2D eigenvalue weighted by Crippen LogP contribution is -2.46. The van der Waals surface area contributed by atoms with E-state index in [1.54, 1.807) is 13.8 Å². The molecule has 5 atom stereocenters. The maximum absolute atomic E-state index is 10.2. The molecule has 7 heteroatoms. The van der Waals surface area contributed by atoms with Crippen LogP contribution in [0.1, 0.15) is 13.8 Å². The molecule has 0 amide bonds. The minimum atomic E-state index is -0.747. The van der Waals surface area contributed by atoms with Gasteiger partial charge in [-0.05, 0) is 26.1 Å². The van der Waals surface area contributed by atoms with Gasteiger partial charge < -0.3 is 29.4 Å². The second kappa shape index (κ2) is 3.76. The number of rotatable bonds is 1. The van der Waals surface area contributed by atoms with E-state index in [2.05, 4.69) is 5.32 Å². The predicted molar refractivity (Wildman–Crippen MR) is 60.2 cm³/mol. The largest absolute Gasteiger partial charge is 0.469 e. The molecule has 0 aromatic rings. The number of thiocarbonyl (C=S) groups is 1. The van der Waals surface area contributed by atoms with E-state index >= 15 is 0 Å². The van der Waals surface area contributed by atoms with Crippen molar-refractivity contribution < 1.29 is 24.1 Å². The van der Waals surface area contributed by atoms with E-state index in [9.17, 15) is 5.11 Å². The first-order valence-electron chi connectivity index (χ1n) is 5.59. The SMILES string of the molecule is CC1(C)O[C@H]2O[C@H]([C@H]3COC(=S)N3)[C@H](O)[C@H]2O1. The number of fused-ring (bicyclic) bond motifs is 1. The lowest BCUT2D eigenvalue weighted by Gasteiger charge is -2.25. The van der Waals surface area contributed by atoms with E-state index in [0.717, 1.165) is 0 Å². The first kappa shape index (κ1) is 11.6. The molecule has 3 aliphatic rings. The standard InChI is InChI=1S/C10H15NO5S/c1-10(2)15-7-5(12)6(14-8(7)16-10)4-3-13-9(17)11-4/h4-8,12H,3H2,1-2H3,(H,11,17)/t4-,5+,6-,7-,8-/m1/s1. The van der Waals surface area contributed by atoms with Gasteiger partial charge in [0.1, 0.15) is 24.9 Å². The minimum absolute atomic E-state index is 0.154. The monoisotopic (exact) mass is 261 g/mol. The van der Waals surface area contributed by atoms with Gasteiger partial charge in [0.25, 0.3) is 5.17 Å². The first-order chi connectivity index (χ1) is 7.96. The van der Waals surface area contributed by atoms with E-state index in [1.165, 1.54) is 0 Å². The summed E-state index contributed by atoms with van der Waals surface area (Å²) < 4.78 is 22.0. The fourth-order valence-electron chi connectivity index (χ4n) is 2.43. The summed E-state index contributed by atoms with van der Waals surface area (Å²) in [6, 6.07) is -0.154. The smallest absolute Gasteiger partial charge is 0.257 e. The lowest BCUT2D eigenvalue weighted by molar-refractivity contribution is -0.217. The number of hydrogen-bond acceptors (Lipinski definition) is 6. The van der Waals surface area contributed by atoms with E-state index in [1.807, 2.05) is 0 Å². The lowest BCUT2D eigenvalue weighted by atomic mass is 10.0. The molecular weight excluding hydrogens is 246 g/mol. The molecule has 17 heavy (non-hydrogen) atoms. The van der Waals surface area contributed by atoms with Crippen molar-refractivity contribution in [3.05, 3.63) is 0 Å². The molecule has 0 aromatic heterocycles. The first-order valence-corrected chi connectivity index (χ1v) is 5.99. The van der Waals surface area contributed by atoms with Crippen LogP contribution in [-0.4, -0.2) is 53.3 Å². The van der Waals surface area contributed by atoms with Gasteiger partial charge in [0.15, 0.2) is 12.1 Å². The third-order valence-corrected chi connectivity index (χ3v) is 3.38. The Balaban J connectivity index is 1.70. The van der Waals surface area contributed by atoms with Gasteiger partial charge in [-0.2, -0.15) is 0 Å². The normalized spacial score (nSPS) is 47.7. The molecule has 0 radical (unpaired) electrons. The van der Waals surface area contributed by atoms with Gasteiger partial charge in [-0.25, -0.2) is 0 Å². The highest BCUT2D eigenvalue weighted by atomic mass is 32.1. The second-order valence-corrected chi connectivity index (χ2v) is 5.28. The molecule has 3 aliphatic heterocycles. The number of aliphatic hydroxyl groups excluding tert-OH is 1. The van der Waals surface area contributed by atoms with Gasteiger partial charge in [-0.15, -0.1) is 0 Å². The third kappa shape index (κ3) is 1.92. The van der Waals surface area contributed by atoms with Crippen LogP contribution in [0.2, 0.25) is 0 Å². The van der Waals surface area contributed by atoms with Gasteiger partial charge in [0.05, 0.1) is 6.04 Å². The average molecular weight is 261 g/mol. The van der Waals surface area contributed by atoms with Gasteiger partial charge in [0, 0.05) is 0 Å². The maximum Gasteiger partial charge on any atom is 0.257 e. The molecular formula is C10H15NO5S. The molecule has 6 nitrogen and oxygen atoms in total. The van der Waals surface area contributed by atoms with Crippen LogP contribution >= 0.6 is 12.2 Å². The maximum atomic E-state index is 10.2. The predicted octanol–water partition coefficient (Wildman–Crippen LogP) is -0.503. The highest BCUT2D eigenvalue weighted by molar-refractivity contribution is 7.80. The Bertz CT molecular complexity index is 350. The summed E-state index contributed by atoms with van der Waals surface area (Å²) in [5.74, 6) is -0.712. The molecule has 96 valence electrons. The number of nitrogens with one attached hydrogen (secondary N) is 1. The van der Waals surface area contributed by atoms with Crippen molar-refractivity contribution in [3.8, 4) is 0 Å². The van der Waals surface area contributed by atoms with Crippen LogP contribution in [0.25, 0.3) is 0 Å². The third-order valence-electron chi connectivity index (χ3n) is 3.15. The average Bonchev–Trinajstić information content (AvgIpc) is 2.83. The van der Waals surface area contributed by atoms with E-state index in [4.69, 9.17) is 31.2 Å². The molecule has 2 N–H and O–H groups in total. The Morgan fingerprint density at radius 2 is 2.12 bits per heavy atom. The highest BCUT2D eigenvalue weighted by Gasteiger charge is 2.56. The van der Waals surface area contributed by atoms with Crippen LogP contribution in [0.5, 0.6) is 0 Å². The fourth-order valence-corrected chi connectivity index (χ4v) is 2.65. The molecule has 3 saturated heterocycles.